The summed E-state index contributed by atoms with van der Waals surface area (Å²) >= 11 is 0. The van der Waals surface area contributed by atoms with Crippen molar-refractivity contribution in [3.8, 4) is 0 Å². The van der Waals surface area contributed by atoms with Gasteiger partial charge in [-0.15, -0.1) is 4.48 Å². The minimum Gasteiger partial charge on any atom is -0.478 e. The molecule has 9 nitrogen and oxygen atoms in total. The van der Waals surface area contributed by atoms with Gasteiger partial charge in [-0.3, -0.25) is 0 Å². The van der Waals surface area contributed by atoms with Gasteiger partial charge in [-0.1, -0.05) is 0 Å². The minimum atomic E-state index is -1.41. The molecule has 0 aliphatic rings. The van der Waals surface area contributed by atoms with Crippen molar-refractivity contribution in [2.45, 2.75) is 6.92 Å². The fourth-order valence-electron chi connectivity index (χ4n) is 1.13. The van der Waals surface area contributed by atoms with Gasteiger partial charge in [0, 0.05) is 0 Å². The lowest BCUT2D eigenvalue weighted by atomic mass is 10.4. The molecule has 0 aromatic carbocycles. The van der Waals surface area contributed by atoms with Gasteiger partial charge >= 0.3 is 24.0 Å². The van der Waals surface area contributed by atoms with Crippen molar-refractivity contribution in [2.24, 2.45) is 0 Å². The number of rotatable bonds is 7. The summed E-state index contributed by atoms with van der Waals surface area (Å²) in [4.78, 5) is 43.6. The van der Waals surface area contributed by atoms with Gasteiger partial charge in [-0.05, 0) is 6.92 Å². The molecule has 1 amide bonds. The zero-order valence-corrected chi connectivity index (χ0v) is 11.0. The zero-order chi connectivity index (χ0) is 16.5. The topological polar surface area (TPSA) is 138 Å². The smallest absolute Gasteiger partial charge is 0.478 e. The van der Waals surface area contributed by atoms with E-state index in [1.54, 1.807) is 0 Å². The van der Waals surface area contributed by atoms with Gasteiger partial charge in [0.05, 0.1) is 24.8 Å². The van der Waals surface area contributed by atoms with Crippen molar-refractivity contribution in [3.05, 3.63) is 36.8 Å². The SMILES string of the molecule is CCOC(=O)[N+](C=CC(=O)O)(C=CC(=O)O)C=CC(=O)O. The second kappa shape index (κ2) is 8.27. The molecule has 0 aromatic heterocycles. The maximum Gasteiger partial charge on any atom is 0.530 e. The fraction of sp³-hybridized carbons (Fsp3) is 0.167. The number of amides is 1. The van der Waals surface area contributed by atoms with Gasteiger partial charge in [0.15, 0.2) is 0 Å². The standard InChI is InChI=1S/C12H13NO8/c1-2-21-12(20)13(6-3-9(14)15,7-4-10(16)17)8-5-11(18)19/h3-8H,2H2,1H3,(H2-,14,15,16,17,18,19)/p+1. The number of hydrogen-bond donors (Lipinski definition) is 3. The molecular weight excluding hydrogens is 286 g/mol. The summed E-state index contributed by atoms with van der Waals surface area (Å²) < 4.78 is 3.54. The Balaban J connectivity index is 5.91. The number of quaternary nitrogens is 1. The Morgan fingerprint density at radius 2 is 1.19 bits per heavy atom. The van der Waals surface area contributed by atoms with E-state index in [4.69, 9.17) is 20.1 Å². The van der Waals surface area contributed by atoms with Crippen LogP contribution in [0.15, 0.2) is 36.8 Å². The van der Waals surface area contributed by atoms with E-state index in [-0.39, 0.29) is 6.61 Å². The van der Waals surface area contributed by atoms with Crippen molar-refractivity contribution in [1.29, 1.82) is 0 Å². The molecule has 0 saturated heterocycles. The number of carbonyl (C=O) groups is 4. The van der Waals surface area contributed by atoms with Crippen LogP contribution in [0.5, 0.6) is 0 Å². The second-order valence-electron chi connectivity index (χ2n) is 3.50. The molecule has 0 saturated carbocycles. The van der Waals surface area contributed by atoms with Gasteiger partial charge < -0.3 is 20.1 Å². The monoisotopic (exact) mass is 300 g/mol. The van der Waals surface area contributed by atoms with Crippen LogP contribution in [0.25, 0.3) is 0 Å². The molecule has 0 rings (SSSR count). The number of carboxylic acids is 3. The average molecular weight is 300 g/mol. The summed E-state index contributed by atoms with van der Waals surface area (Å²) in [5.41, 5.74) is 0. The molecule has 0 unspecified atom stereocenters. The molecule has 0 bridgehead atoms. The Kier molecular flexibility index (Phi) is 7.12. The normalized spacial score (nSPS) is 14.3. The maximum atomic E-state index is 11.9. The van der Waals surface area contributed by atoms with Crippen LogP contribution in [-0.4, -0.2) is 50.4 Å². The lowest BCUT2D eigenvalue weighted by Gasteiger charge is -2.21. The highest BCUT2D eigenvalue weighted by atomic mass is 16.6. The van der Waals surface area contributed by atoms with Crippen molar-refractivity contribution in [2.75, 3.05) is 6.61 Å². The number of hydrogen-bond acceptors (Lipinski definition) is 5. The third-order valence-corrected chi connectivity index (χ3v) is 1.98. The van der Waals surface area contributed by atoms with E-state index < -0.39 is 28.5 Å². The van der Waals surface area contributed by atoms with E-state index in [0.29, 0.717) is 18.2 Å². The first-order chi connectivity index (χ1) is 9.73. The highest BCUT2D eigenvalue weighted by Crippen LogP contribution is 2.15. The van der Waals surface area contributed by atoms with Crippen LogP contribution in [0.3, 0.4) is 0 Å². The number of carboxylic acid groups (broad SMARTS) is 3. The van der Waals surface area contributed by atoms with Crippen LogP contribution in [0.1, 0.15) is 6.92 Å². The lowest BCUT2D eigenvalue weighted by Crippen LogP contribution is -2.39. The number of nitrogens with zero attached hydrogens (tertiary/aromatic N) is 1. The van der Waals surface area contributed by atoms with Gasteiger partial charge in [0.1, 0.15) is 18.6 Å². The molecule has 114 valence electrons. The van der Waals surface area contributed by atoms with Crippen LogP contribution >= 0.6 is 0 Å². The Bertz CT molecular complexity index is 458. The van der Waals surface area contributed by atoms with Crippen LogP contribution < -0.4 is 0 Å². The van der Waals surface area contributed by atoms with Gasteiger partial charge in [0.2, 0.25) is 0 Å². The minimum absolute atomic E-state index is 0.0679. The molecule has 0 radical (unpaired) electrons. The highest BCUT2D eigenvalue weighted by molar-refractivity contribution is 5.82. The van der Waals surface area contributed by atoms with E-state index in [1.165, 1.54) is 6.92 Å². The maximum absolute atomic E-state index is 11.9. The lowest BCUT2D eigenvalue weighted by molar-refractivity contribution is -0.693. The quantitative estimate of drug-likeness (QED) is 0.462. The second-order valence-corrected chi connectivity index (χ2v) is 3.50. The molecule has 0 fully saturated rings. The van der Waals surface area contributed by atoms with Crippen LogP contribution in [0.4, 0.5) is 4.79 Å². The number of carbonyl (C=O) groups excluding carboxylic acids is 1. The molecule has 0 aliphatic heterocycles. The van der Waals surface area contributed by atoms with Gasteiger partial charge in [0.25, 0.3) is 0 Å². The Morgan fingerprint density at radius 3 is 1.43 bits per heavy atom. The van der Waals surface area contributed by atoms with Crippen molar-refractivity contribution in [3.63, 3.8) is 0 Å². The molecular formula is C12H14NO8+. The summed E-state index contributed by atoms with van der Waals surface area (Å²) in [6.45, 7) is 1.41. The van der Waals surface area contributed by atoms with Crippen molar-refractivity contribution >= 4 is 24.0 Å². The summed E-state index contributed by atoms with van der Waals surface area (Å²) in [6, 6.07) is 0. The summed E-state index contributed by atoms with van der Waals surface area (Å²) in [7, 11) is 0. The Morgan fingerprint density at radius 1 is 0.857 bits per heavy atom. The van der Waals surface area contributed by atoms with E-state index >= 15 is 0 Å². The highest BCUT2D eigenvalue weighted by Gasteiger charge is 2.33. The molecule has 9 heteroatoms. The van der Waals surface area contributed by atoms with E-state index in [2.05, 4.69) is 0 Å². The zero-order valence-electron chi connectivity index (χ0n) is 11.0. The fourth-order valence-corrected chi connectivity index (χ4v) is 1.13. The predicted octanol–water partition coefficient (Wildman–Crippen LogP) is 0.755. The largest absolute Gasteiger partial charge is 0.530 e. The predicted molar refractivity (Wildman–Crippen MR) is 67.6 cm³/mol. The molecule has 0 heterocycles. The first kappa shape index (κ1) is 18.1. The van der Waals surface area contributed by atoms with Crippen LogP contribution in [-0.2, 0) is 19.1 Å². The Hall–Kier alpha value is -2.94. The van der Waals surface area contributed by atoms with Gasteiger partial charge in [-0.25, -0.2) is 14.4 Å². The van der Waals surface area contributed by atoms with E-state index in [1.807, 2.05) is 0 Å². The molecule has 3 N–H and O–H groups in total. The first-order valence-corrected chi connectivity index (χ1v) is 5.55. The summed E-state index contributed by atoms with van der Waals surface area (Å²) in [5.74, 6) is -4.22. The Labute approximate surface area is 119 Å². The molecule has 0 aromatic rings. The number of ether oxygens (including phenoxy) is 1. The van der Waals surface area contributed by atoms with Crippen LogP contribution in [0.2, 0.25) is 0 Å². The average Bonchev–Trinajstić information content (AvgIpc) is 2.38. The van der Waals surface area contributed by atoms with Crippen molar-refractivity contribution in [1.82, 2.24) is 0 Å². The summed E-state index contributed by atoms with van der Waals surface area (Å²) in [6.07, 6.45) is 2.96. The van der Waals surface area contributed by atoms with Gasteiger partial charge in [-0.2, -0.15) is 4.79 Å². The third kappa shape index (κ3) is 6.68. The molecule has 21 heavy (non-hydrogen) atoms. The number of aliphatic carboxylic acids is 3. The third-order valence-electron chi connectivity index (χ3n) is 1.98. The summed E-state index contributed by atoms with van der Waals surface area (Å²) in [5, 5.41) is 25.8. The van der Waals surface area contributed by atoms with Crippen LogP contribution in [0, 0.1) is 0 Å². The molecule has 0 spiro atoms. The van der Waals surface area contributed by atoms with E-state index in [9.17, 15) is 19.2 Å². The molecule has 0 aliphatic carbocycles. The van der Waals surface area contributed by atoms with Crippen molar-refractivity contribution < 1.29 is 43.7 Å². The molecule has 0 atom stereocenters. The van der Waals surface area contributed by atoms with E-state index in [0.717, 1.165) is 18.6 Å². The first-order valence-electron chi connectivity index (χ1n) is 5.55.